The Morgan fingerprint density at radius 2 is 1.88 bits per heavy atom. The van der Waals surface area contributed by atoms with Gasteiger partial charge in [0, 0.05) is 25.2 Å². The largest absolute Gasteiger partial charge is 0.445 e. The maximum absolute atomic E-state index is 12.4. The smallest absolute Gasteiger partial charge is 0.408 e. The molecule has 0 spiro atoms. The molecule has 7 nitrogen and oxygen atoms in total. The molecule has 0 saturated carbocycles. The van der Waals surface area contributed by atoms with E-state index in [0.29, 0.717) is 12.1 Å². The fourth-order valence-corrected chi connectivity index (χ4v) is 2.76. The average molecular weight is 331 g/mol. The van der Waals surface area contributed by atoms with E-state index in [0.717, 1.165) is 31.5 Å². The number of benzene rings is 1. The van der Waals surface area contributed by atoms with E-state index in [1.807, 2.05) is 4.90 Å². The van der Waals surface area contributed by atoms with Crippen molar-refractivity contribution in [2.75, 3.05) is 19.6 Å². The van der Waals surface area contributed by atoms with Gasteiger partial charge in [-0.2, -0.15) is 0 Å². The van der Waals surface area contributed by atoms with E-state index in [4.69, 9.17) is 4.74 Å². The number of hydrogen-bond donors (Lipinski definition) is 2. The van der Waals surface area contributed by atoms with Crippen LogP contribution in [0.15, 0.2) is 24.3 Å². The van der Waals surface area contributed by atoms with Gasteiger partial charge in [0.25, 0.3) is 5.91 Å². The van der Waals surface area contributed by atoms with Crippen molar-refractivity contribution >= 4 is 17.9 Å². The molecule has 2 heterocycles. The van der Waals surface area contributed by atoms with Gasteiger partial charge < -0.3 is 20.3 Å². The fraction of sp³-hybridized carbons (Fsp3) is 0.471. The van der Waals surface area contributed by atoms with E-state index >= 15 is 0 Å². The minimum absolute atomic E-state index is 0.0518. The average Bonchev–Trinajstić information content (AvgIpc) is 2.63. The Morgan fingerprint density at radius 1 is 1.17 bits per heavy atom. The van der Waals surface area contributed by atoms with Gasteiger partial charge in [0.2, 0.25) is 5.91 Å². The van der Waals surface area contributed by atoms with Crippen molar-refractivity contribution in [1.29, 1.82) is 0 Å². The first-order chi connectivity index (χ1) is 11.6. The van der Waals surface area contributed by atoms with E-state index in [1.54, 1.807) is 24.3 Å². The van der Waals surface area contributed by atoms with Crippen LogP contribution in [-0.4, -0.2) is 48.5 Å². The van der Waals surface area contributed by atoms with Crippen LogP contribution in [-0.2, 0) is 16.1 Å². The molecule has 2 N–H and O–H groups in total. The number of carbonyl (C=O) groups excluding carboxylic acids is 3. The molecule has 2 fully saturated rings. The molecule has 0 aliphatic carbocycles. The number of alkyl carbamates (subject to hydrolysis) is 1. The van der Waals surface area contributed by atoms with E-state index in [1.165, 1.54) is 6.42 Å². The van der Waals surface area contributed by atoms with E-state index in [2.05, 4.69) is 10.6 Å². The molecule has 2 aliphatic rings. The van der Waals surface area contributed by atoms with Crippen LogP contribution in [0.25, 0.3) is 0 Å². The zero-order valence-corrected chi connectivity index (χ0v) is 13.4. The standard InChI is InChI=1S/C17H21N3O4/c21-15-14(10-18-15)19-17(23)24-11-12-4-6-13(7-5-12)16(22)20-8-2-1-3-9-20/h4-7,14H,1-3,8-11H2,(H,18,21)(H,19,23)/t14-/m0/s1. The minimum Gasteiger partial charge on any atom is -0.445 e. The first-order valence-electron chi connectivity index (χ1n) is 8.23. The third-order valence-electron chi connectivity index (χ3n) is 4.30. The molecule has 1 aromatic carbocycles. The molecule has 3 amide bonds. The number of nitrogens with zero attached hydrogens (tertiary/aromatic N) is 1. The Labute approximate surface area is 140 Å². The van der Waals surface area contributed by atoms with Gasteiger partial charge in [0.05, 0.1) is 0 Å². The van der Waals surface area contributed by atoms with Gasteiger partial charge in [0.15, 0.2) is 0 Å². The molecule has 0 bridgehead atoms. The molecule has 0 aromatic heterocycles. The van der Waals surface area contributed by atoms with Crippen LogP contribution in [0.3, 0.4) is 0 Å². The summed E-state index contributed by atoms with van der Waals surface area (Å²) in [6, 6.07) is 6.57. The first-order valence-corrected chi connectivity index (χ1v) is 8.23. The van der Waals surface area contributed by atoms with Gasteiger partial charge in [-0.15, -0.1) is 0 Å². The van der Waals surface area contributed by atoms with E-state index < -0.39 is 12.1 Å². The van der Waals surface area contributed by atoms with Crippen molar-refractivity contribution in [3.8, 4) is 0 Å². The van der Waals surface area contributed by atoms with Crippen molar-refractivity contribution in [3.63, 3.8) is 0 Å². The highest BCUT2D eigenvalue weighted by Crippen LogP contribution is 2.14. The Morgan fingerprint density at radius 3 is 2.46 bits per heavy atom. The lowest BCUT2D eigenvalue weighted by Crippen LogP contribution is -2.61. The molecule has 0 radical (unpaired) electrons. The Hall–Kier alpha value is -2.57. The summed E-state index contributed by atoms with van der Waals surface area (Å²) in [5, 5.41) is 5.01. The SMILES string of the molecule is O=C(N[C@H]1CNC1=O)OCc1ccc(C(=O)N2CCCCC2)cc1. The van der Waals surface area contributed by atoms with E-state index in [-0.39, 0.29) is 18.4 Å². The van der Waals surface area contributed by atoms with Crippen LogP contribution in [0.1, 0.15) is 35.2 Å². The van der Waals surface area contributed by atoms with Crippen molar-refractivity contribution in [3.05, 3.63) is 35.4 Å². The van der Waals surface area contributed by atoms with Crippen LogP contribution in [0.4, 0.5) is 4.79 Å². The number of piperidine rings is 1. The zero-order chi connectivity index (χ0) is 16.9. The highest BCUT2D eigenvalue weighted by Gasteiger charge is 2.29. The second-order valence-corrected chi connectivity index (χ2v) is 6.07. The lowest BCUT2D eigenvalue weighted by Gasteiger charge is -2.26. The van der Waals surface area contributed by atoms with Crippen molar-refractivity contribution in [2.45, 2.75) is 31.9 Å². The van der Waals surface area contributed by atoms with Crippen molar-refractivity contribution in [2.24, 2.45) is 0 Å². The third kappa shape index (κ3) is 3.84. The maximum atomic E-state index is 12.4. The van der Waals surface area contributed by atoms with Crippen LogP contribution < -0.4 is 10.6 Å². The molecule has 2 aliphatic heterocycles. The van der Waals surface area contributed by atoms with Crippen molar-refractivity contribution < 1.29 is 19.1 Å². The number of β-lactam (4-membered cyclic amide) rings is 1. The highest BCUT2D eigenvalue weighted by molar-refractivity contribution is 5.94. The molecular weight excluding hydrogens is 310 g/mol. The molecular formula is C17H21N3O4. The summed E-state index contributed by atoms with van der Waals surface area (Å²) in [5.41, 5.74) is 1.44. The topological polar surface area (TPSA) is 87.7 Å². The van der Waals surface area contributed by atoms with Gasteiger partial charge in [-0.25, -0.2) is 4.79 Å². The van der Waals surface area contributed by atoms with Crippen LogP contribution >= 0.6 is 0 Å². The first kappa shape index (κ1) is 16.3. The summed E-state index contributed by atoms with van der Waals surface area (Å²) in [5.74, 6) is -0.150. The number of rotatable bonds is 4. The Bertz CT molecular complexity index is 623. The third-order valence-corrected chi connectivity index (χ3v) is 4.30. The maximum Gasteiger partial charge on any atom is 0.408 e. The number of likely N-dealkylation sites (tertiary alicyclic amines) is 1. The van der Waals surface area contributed by atoms with Crippen LogP contribution in [0.2, 0.25) is 0 Å². The predicted molar refractivity (Wildman–Crippen MR) is 86.3 cm³/mol. The summed E-state index contributed by atoms with van der Waals surface area (Å²) in [4.78, 5) is 36.9. The second kappa shape index (κ2) is 7.33. The summed E-state index contributed by atoms with van der Waals surface area (Å²) in [6.07, 6.45) is 2.69. The number of nitrogens with one attached hydrogen (secondary N) is 2. The van der Waals surface area contributed by atoms with Gasteiger partial charge in [-0.1, -0.05) is 12.1 Å². The zero-order valence-electron chi connectivity index (χ0n) is 13.4. The number of carbonyl (C=O) groups is 3. The molecule has 7 heteroatoms. The summed E-state index contributed by atoms with van der Waals surface area (Å²) in [6.45, 7) is 2.16. The molecule has 1 aromatic rings. The Kier molecular flexibility index (Phi) is 4.98. The van der Waals surface area contributed by atoms with Crippen molar-refractivity contribution in [1.82, 2.24) is 15.5 Å². The highest BCUT2D eigenvalue weighted by atomic mass is 16.5. The van der Waals surface area contributed by atoms with Gasteiger partial charge in [-0.3, -0.25) is 9.59 Å². The van der Waals surface area contributed by atoms with Crippen LogP contribution in [0, 0.1) is 0 Å². The predicted octanol–water partition coefficient (Wildman–Crippen LogP) is 1.04. The molecule has 24 heavy (non-hydrogen) atoms. The fourth-order valence-electron chi connectivity index (χ4n) is 2.76. The number of amides is 3. The van der Waals surface area contributed by atoms with Gasteiger partial charge >= 0.3 is 6.09 Å². The number of ether oxygens (including phenoxy) is 1. The molecule has 2 saturated heterocycles. The minimum atomic E-state index is -0.622. The monoisotopic (exact) mass is 331 g/mol. The quantitative estimate of drug-likeness (QED) is 0.807. The molecule has 128 valence electrons. The summed E-state index contributed by atoms with van der Waals surface area (Å²) < 4.78 is 5.07. The normalized spacial score (nSPS) is 19.9. The molecule has 1 atom stereocenters. The van der Waals surface area contributed by atoms with Gasteiger partial charge in [0.1, 0.15) is 12.6 Å². The summed E-state index contributed by atoms with van der Waals surface area (Å²) in [7, 11) is 0. The lowest BCUT2D eigenvalue weighted by molar-refractivity contribution is -0.128. The molecule has 3 rings (SSSR count). The lowest BCUT2D eigenvalue weighted by atomic mass is 10.1. The molecule has 0 unspecified atom stereocenters. The van der Waals surface area contributed by atoms with Crippen LogP contribution in [0.5, 0.6) is 0 Å². The number of hydrogen-bond acceptors (Lipinski definition) is 4. The Balaban J connectivity index is 1.48. The van der Waals surface area contributed by atoms with Gasteiger partial charge in [-0.05, 0) is 37.0 Å². The van der Waals surface area contributed by atoms with E-state index in [9.17, 15) is 14.4 Å². The second-order valence-electron chi connectivity index (χ2n) is 6.07. The summed E-state index contributed by atoms with van der Waals surface area (Å²) >= 11 is 0.